The maximum absolute atomic E-state index is 13.5. The minimum atomic E-state index is -2.90. The molecule has 0 bridgehead atoms. The van der Waals surface area contributed by atoms with E-state index < -0.39 is 9.84 Å². The summed E-state index contributed by atoms with van der Waals surface area (Å²) in [7, 11) is -1.33. The molecule has 2 aliphatic heterocycles. The number of benzene rings is 1. The first-order valence-corrected chi connectivity index (χ1v) is 11.9. The molecule has 0 spiro atoms. The van der Waals surface area contributed by atoms with Crippen molar-refractivity contribution < 1.29 is 22.3 Å². The Morgan fingerprint density at radius 1 is 1.30 bits per heavy atom. The fourth-order valence-corrected chi connectivity index (χ4v) is 6.98. The Hall–Kier alpha value is -1.32. The van der Waals surface area contributed by atoms with Crippen LogP contribution in [0.1, 0.15) is 12.0 Å². The number of rotatable bonds is 6. The molecule has 150 valence electrons. The van der Waals surface area contributed by atoms with Crippen molar-refractivity contribution in [2.24, 2.45) is 0 Å². The number of carbonyl (C=O) groups excluding carboxylic acids is 1. The molecule has 1 atom stereocenters. The molecule has 0 saturated carbocycles. The maximum atomic E-state index is 13.5. The lowest BCUT2D eigenvalue weighted by molar-refractivity contribution is -0.130. The average Bonchev–Trinajstić information content (AvgIpc) is 2.99. The van der Waals surface area contributed by atoms with Gasteiger partial charge in [-0.2, -0.15) is 0 Å². The molecule has 0 N–H and O–H groups in total. The molecule has 1 amide bonds. The zero-order valence-electron chi connectivity index (χ0n) is 15.4. The summed E-state index contributed by atoms with van der Waals surface area (Å²) in [6.07, 6.45) is 0.642. The summed E-state index contributed by atoms with van der Waals surface area (Å²) in [5.74, 6) is 1.20. The van der Waals surface area contributed by atoms with Gasteiger partial charge in [-0.15, -0.1) is 11.8 Å². The summed E-state index contributed by atoms with van der Waals surface area (Å²) in [4.78, 5) is 16.4. The Labute approximate surface area is 164 Å². The molecule has 2 aliphatic rings. The molecule has 27 heavy (non-hydrogen) atoms. The van der Waals surface area contributed by atoms with Crippen molar-refractivity contribution in [3.05, 3.63) is 29.6 Å². The molecular formula is C18H25FN2O4S2. The highest BCUT2D eigenvalue weighted by Gasteiger charge is 2.29. The van der Waals surface area contributed by atoms with Crippen LogP contribution in [-0.4, -0.2) is 79.9 Å². The molecule has 2 fully saturated rings. The number of nitrogens with zero attached hydrogens (tertiary/aromatic N) is 2. The summed E-state index contributed by atoms with van der Waals surface area (Å²) in [6, 6.07) is 4.50. The molecule has 3 rings (SSSR count). The van der Waals surface area contributed by atoms with Crippen molar-refractivity contribution in [3.8, 4) is 5.75 Å². The van der Waals surface area contributed by atoms with E-state index in [1.807, 2.05) is 4.90 Å². The number of piperazine rings is 1. The van der Waals surface area contributed by atoms with E-state index in [0.29, 0.717) is 50.6 Å². The van der Waals surface area contributed by atoms with Crippen LogP contribution in [0.3, 0.4) is 0 Å². The molecule has 2 heterocycles. The molecule has 0 unspecified atom stereocenters. The van der Waals surface area contributed by atoms with Crippen LogP contribution in [0.4, 0.5) is 4.39 Å². The van der Waals surface area contributed by atoms with Crippen LogP contribution in [0.2, 0.25) is 0 Å². The first-order valence-electron chi connectivity index (χ1n) is 9.01. The first-order chi connectivity index (χ1) is 12.9. The first kappa shape index (κ1) is 20.4. The third-order valence-electron chi connectivity index (χ3n) is 4.99. The van der Waals surface area contributed by atoms with E-state index in [-0.39, 0.29) is 28.5 Å². The second kappa shape index (κ2) is 8.79. The van der Waals surface area contributed by atoms with Crippen LogP contribution in [0, 0.1) is 5.82 Å². The lowest BCUT2D eigenvalue weighted by Gasteiger charge is -2.35. The van der Waals surface area contributed by atoms with Crippen LogP contribution in [0.5, 0.6) is 5.75 Å². The van der Waals surface area contributed by atoms with E-state index in [2.05, 4.69) is 4.90 Å². The Morgan fingerprint density at radius 3 is 2.67 bits per heavy atom. The van der Waals surface area contributed by atoms with Gasteiger partial charge in [-0.3, -0.25) is 9.69 Å². The van der Waals surface area contributed by atoms with E-state index >= 15 is 0 Å². The Bertz CT molecular complexity index is 780. The van der Waals surface area contributed by atoms with Gasteiger partial charge in [0.1, 0.15) is 11.6 Å². The maximum Gasteiger partial charge on any atom is 0.232 e. The number of amides is 1. The standard InChI is InChI=1S/C18H25FN2O4S2/c1-25-17-3-2-15(19)10-14(17)11-20-5-7-21(8-6-20)18(22)12-26-16-4-9-27(23,24)13-16/h2-3,10,16H,4-9,11-13H2,1H3/t16-/m1/s1. The monoisotopic (exact) mass is 416 g/mol. The molecule has 6 nitrogen and oxygen atoms in total. The van der Waals surface area contributed by atoms with Gasteiger partial charge in [-0.25, -0.2) is 12.8 Å². The largest absolute Gasteiger partial charge is 0.496 e. The second-order valence-corrected chi connectivity index (χ2v) is 10.5. The highest BCUT2D eigenvalue weighted by atomic mass is 32.2. The van der Waals surface area contributed by atoms with Crippen molar-refractivity contribution in [3.63, 3.8) is 0 Å². The summed E-state index contributed by atoms with van der Waals surface area (Å²) in [5, 5.41) is 0.0423. The number of halogens is 1. The number of sulfone groups is 1. The molecule has 0 aromatic heterocycles. The van der Waals surface area contributed by atoms with Crippen molar-refractivity contribution in [2.45, 2.75) is 18.2 Å². The topological polar surface area (TPSA) is 66.9 Å². The number of hydrogen-bond donors (Lipinski definition) is 0. The molecular weight excluding hydrogens is 391 g/mol. The van der Waals surface area contributed by atoms with Gasteiger partial charge in [-0.05, 0) is 24.6 Å². The van der Waals surface area contributed by atoms with Gasteiger partial charge >= 0.3 is 0 Å². The zero-order chi connectivity index (χ0) is 19.4. The Balaban J connectivity index is 1.45. The van der Waals surface area contributed by atoms with Crippen molar-refractivity contribution >= 4 is 27.5 Å². The van der Waals surface area contributed by atoms with Crippen LogP contribution in [0.25, 0.3) is 0 Å². The third kappa shape index (κ3) is 5.58. The zero-order valence-corrected chi connectivity index (χ0v) is 17.0. The highest BCUT2D eigenvalue weighted by Crippen LogP contribution is 2.25. The lowest BCUT2D eigenvalue weighted by Crippen LogP contribution is -2.49. The van der Waals surface area contributed by atoms with Gasteiger partial charge in [0.05, 0.1) is 24.4 Å². The number of hydrogen-bond acceptors (Lipinski definition) is 6. The van der Waals surface area contributed by atoms with Gasteiger partial charge in [0.25, 0.3) is 0 Å². The van der Waals surface area contributed by atoms with E-state index in [1.165, 1.54) is 23.9 Å². The van der Waals surface area contributed by atoms with Crippen LogP contribution < -0.4 is 4.74 Å². The van der Waals surface area contributed by atoms with Crippen molar-refractivity contribution in [1.29, 1.82) is 0 Å². The summed E-state index contributed by atoms with van der Waals surface area (Å²) in [5.41, 5.74) is 0.801. The van der Waals surface area contributed by atoms with Crippen LogP contribution in [-0.2, 0) is 21.2 Å². The van der Waals surface area contributed by atoms with Gasteiger partial charge < -0.3 is 9.64 Å². The third-order valence-corrected chi connectivity index (χ3v) is 8.26. The normalized spacial score (nSPS) is 22.7. The second-order valence-electron chi connectivity index (χ2n) is 6.95. The molecule has 2 saturated heterocycles. The Morgan fingerprint density at radius 2 is 2.04 bits per heavy atom. The van der Waals surface area contributed by atoms with Gasteiger partial charge in [0.2, 0.25) is 5.91 Å². The minimum Gasteiger partial charge on any atom is -0.496 e. The summed E-state index contributed by atoms with van der Waals surface area (Å²) in [6.45, 7) is 3.26. The Kier molecular flexibility index (Phi) is 6.65. The minimum absolute atomic E-state index is 0.0423. The average molecular weight is 417 g/mol. The molecule has 1 aromatic rings. The van der Waals surface area contributed by atoms with E-state index in [4.69, 9.17) is 4.74 Å². The lowest BCUT2D eigenvalue weighted by atomic mass is 10.1. The molecule has 0 radical (unpaired) electrons. The predicted molar refractivity (Wildman–Crippen MR) is 104 cm³/mol. The van der Waals surface area contributed by atoms with E-state index in [9.17, 15) is 17.6 Å². The van der Waals surface area contributed by atoms with Crippen LogP contribution >= 0.6 is 11.8 Å². The number of methoxy groups -OCH3 is 1. The number of thioether (sulfide) groups is 1. The quantitative estimate of drug-likeness (QED) is 0.698. The fraction of sp³-hybridized carbons (Fsp3) is 0.611. The molecule has 1 aromatic carbocycles. The van der Waals surface area contributed by atoms with E-state index in [0.717, 1.165) is 5.56 Å². The SMILES string of the molecule is COc1ccc(F)cc1CN1CCN(C(=O)CS[C@@H]2CCS(=O)(=O)C2)CC1. The van der Waals surface area contributed by atoms with Gasteiger partial charge in [0.15, 0.2) is 9.84 Å². The highest BCUT2D eigenvalue weighted by molar-refractivity contribution is 8.02. The molecule has 0 aliphatic carbocycles. The molecule has 9 heteroatoms. The summed E-state index contributed by atoms with van der Waals surface area (Å²) < 4.78 is 41.8. The van der Waals surface area contributed by atoms with Gasteiger partial charge in [-0.1, -0.05) is 0 Å². The van der Waals surface area contributed by atoms with Crippen LogP contribution in [0.15, 0.2) is 18.2 Å². The smallest absolute Gasteiger partial charge is 0.232 e. The summed E-state index contributed by atoms with van der Waals surface area (Å²) >= 11 is 1.46. The van der Waals surface area contributed by atoms with E-state index in [1.54, 1.807) is 13.2 Å². The fourth-order valence-electron chi connectivity index (χ4n) is 3.44. The predicted octanol–water partition coefficient (Wildman–Crippen LogP) is 1.40. The number of carbonyl (C=O) groups is 1. The number of ether oxygens (including phenoxy) is 1. The van der Waals surface area contributed by atoms with Gasteiger partial charge in [0, 0.05) is 43.5 Å². The van der Waals surface area contributed by atoms with Crippen molar-refractivity contribution in [2.75, 3.05) is 50.5 Å². The van der Waals surface area contributed by atoms with Crippen molar-refractivity contribution in [1.82, 2.24) is 9.80 Å².